The van der Waals surface area contributed by atoms with Crippen molar-refractivity contribution in [3.8, 4) is 0 Å². The van der Waals surface area contributed by atoms with E-state index in [2.05, 4.69) is 79.5 Å². The van der Waals surface area contributed by atoms with Crippen molar-refractivity contribution in [1.29, 1.82) is 0 Å². The second-order valence-corrected chi connectivity index (χ2v) is 6.85. The van der Waals surface area contributed by atoms with Crippen molar-refractivity contribution < 1.29 is 0 Å². The van der Waals surface area contributed by atoms with Gasteiger partial charge in [0.2, 0.25) is 0 Å². The third-order valence-corrected chi connectivity index (χ3v) is 4.37. The summed E-state index contributed by atoms with van der Waals surface area (Å²) in [6.45, 7) is 6.40. The van der Waals surface area contributed by atoms with Crippen LogP contribution in [0.3, 0.4) is 0 Å². The average molecular weight is 301 g/mol. The lowest BCUT2D eigenvalue weighted by Gasteiger charge is -2.28. The van der Waals surface area contributed by atoms with Gasteiger partial charge in [0, 0.05) is 10.9 Å². The van der Waals surface area contributed by atoms with Gasteiger partial charge in [-0.2, -0.15) is 0 Å². The van der Waals surface area contributed by atoms with E-state index in [1.807, 2.05) is 0 Å². The highest BCUT2D eigenvalue weighted by molar-refractivity contribution is 6.14. The van der Waals surface area contributed by atoms with Crippen LogP contribution in [-0.2, 0) is 6.42 Å². The Bertz CT molecular complexity index is 939. The van der Waals surface area contributed by atoms with Crippen LogP contribution in [0.5, 0.6) is 0 Å². The lowest BCUT2D eigenvalue weighted by atomic mass is 9.86. The van der Waals surface area contributed by atoms with Gasteiger partial charge in [-0.25, -0.2) is 0 Å². The summed E-state index contributed by atoms with van der Waals surface area (Å²) in [6, 6.07) is 16.8. The molecular weight excluding hydrogens is 282 g/mol. The van der Waals surface area contributed by atoms with Crippen molar-refractivity contribution in [3.63, 3.8) is 0 Å². The number of aryl methyl sites for hydroxylation is 1. The normalized spacial score (nSPS) is 16.0. The first-order valence-electron chi connectivity index (χ1n) is 7.95. The van der Waals surface area contributed by atoms with Gasteiger partial charge in [-0.1, -0.05) is 42.5 Å². The van der Waals surface area contributed by atoms with E-state index in [1.54, 1.807) is 0 Å². The summed E-state index contributed by atoms with van der Waals surface area (Å²) in [5.74, 6) is 0. The van der Waals surface area contributed by atoms with E-state index in [4.69, 9.17) is 4.99 Å². The van der Waals surface area contributed by atoms with Crippen molar-refractivity contribution >= 4 is 16.6 Å². The van der Waals surface area contributed by atoms with Crippen molar-refractivity contribution in [2.24, 2.45) is 4.99 Å². The molecule has 0 bridgehead atoms. The zero-order valence-corrected chi connectivity index (χ0v) is 13.7. The Morgan fingerprint density at radius 1 is 0.957 bits per heavy atom. The number of aliphatic imine (C=N–C) groups is 1. The van der Waals surface area contributed by atoms with Gasteiger partial charge in [0.25, 0.3) is 0 Å². The number of benzene rings is 2. The Kier molecular flexibility index (Phi) is 3.05. The second-order valence-electron chi connectivity index (χ2n) is 6.85. The van der Waals surface area contributed by atoms with Gasteiger partial charge in [0.05, 0.1) is 16.8 Å². The topological polar surface area (TPSA) is 38.1 Å². The maximum absolute atomic E-state index is 4.97. The van der Waals surface area contributed by atoms with E-state index in [0.29, 0.717) is 0 Å². The molecule has 0 saturated carbocycles. The van der Waals surface area contributed by atoms with Gasteiger partial charge in [0.15, 0.2) is 0 Å². The van der Waals surface area contributed by atoms with E-state index in [1.165, 1.54) is 11.1 Å². The zero-order valence-electron chi connectivity index (χ0n) is 13.7. The molecule has 3 aromatic rings. The summed E-state index contributed by atoms with van der Waals surface area (Å²) in [6.07, 6.45) is 0.951. The molecule has 0 spiro atoms. The van der Waals surface area contributed by atoms with E-state index >= 15 is 0 Å². The summed E-state index contributed by atoms with van der Waals surface area (Å²) in [4.78, 5) is 4.97. The highest BCUT2D eigenvalue weighted by Crippen LogP contribution is 2.29. The third kappa shape index (κ3) is 2.42. The molecule has 2 aromatic carbocycles. The van der Waals surface area contributed by atoms with Crippen LogP contribution in [0.4, 0.5) is 0 Å². The molecule has 0 amide bonds. The van der Waals surface area contributed by atoms with Gasteiger partial charge in [-0.3, -0.25) is 4.99 Å². The minimum absolute atomic E-state index is 0.118. The standard InChI is InChI=1S/C20H19N3/c1-13-7-6-9-14-11-17(22-23-18(13)14)19-16-10-5-4-8-15(16)12-20(2,3)21-19/h4-11H,12H2,1-3H3. The third-order valence-electron chi connectivity index (χ3n) is 4.37. The Labute approximate surface area is 136 Å². The smallest absolute Gasteiger partial charge is 0.112 e. The first-order valence-corrected chi connectivity index (χ1v) is 7.95. The van der Waals surface area contributed by atoms with Crippen molar-refractivity contribution in [2.75, 3.05) is 0 Å². The molecule has 3 heteroatoms. The van der Waals surface area contributed by atoms with Crippen LogP contribution in [0.15, 0.2) is 53.5 Å². The number of rotatable bonds is 1. The van der Waals surface area contributed by atoms with E-state index < -0.39 is 0 Å². The first kappa shape index (κ1) is 14.1. The van der Waals surface area contributed by atoms with Crippen molar-refractivity contribution in [1.82, 2.24) is 10.2 Å². The van der Waals surface area contributed by atoms with Crippen molar-refractivity contribution in [3.05, 3.63) is 70.9 Å². The molecule has 0 radical (unpaired) electrons. The fourth-order valence-corrected chi connectivity index (χ4v) is 3.30. The molecule has 0 atom stereocenters. The van der Waals surface area contributed by atoms with E-state index in [9.17, 15) is 0 Å². The number of aromatic nitrogens is 2. The predicted molar refractivity (Wildman–Crippen MR) is 94.1 cm³/mol. The average Bonchev–Trinajstić information content (AvgIpc) is 2.53. The Balaban J connectivity index is 1.94. The van der Waals surface area contributed by atoms with Crippen LogP contribution in [0.25, 0.3) is 10.9 Å². The Morgan fingerprint density at radius 2 is 1.78 bits per heavy atom. The summed E-state index contributed by atoms with van der Waals surface area (Å²) in [7, 11) is 0. The van der Waals surface area contributed by atoms with Crippen LogP contribution in [0.2, 0.25) is 0 Å². The van der Waals surface area contributed by atoms with Crippen molar-refractivity contribution in [2.45, 2.75) is 32.7 Å². The molecule has 3 nitrogen and oxygen atoms in total. The molecule has 4 rings (SSSR count). The molecule has 23 heavy (non-hydrogen) atoms. The first-order chi connectivity index (χ1) is 11.0. The van der Waals surface area contributed by atoms with Crippen LogP contribution < -0.4 is 0 Å². The maximum Gasteiger partial charge on any atom is 0.112 e. The fourth-order valence-electron chi connectivity index (χ4n) is 3.30. The van der Waals surface area contributed by atoms with E-state index in [-0.39, 0.29) is 5.54 Å². The minimum Gasteiger partial charge on any atom is -0.276 e. The monoisotopic (exact) mass is 301 g/mol. The van der Waals surface area contributed by atoms with Crippen LogP contribution >= 0.6 is 0 Å². The summed E-state index contributed by atoms with van der Waals surface area (Å²) >= 11 is 0. The fraction of sp³-hybridized carbons (Fsp3) is 0.250. The highest BCUT2D eigenvalue weighted by Gasteiger charge is 2.27. The summed E-state index contributed by atoms with van der Waals surface area (Å²) in [5.41, 5.74) is 6.29. The quantitative estimate of drug-likeness (QED) is 0.678. The van der Waals surface area contributed by atoms with Crippen LogP contribution in [0.1, 0.15) is 36.2 Å². The molecule has 0 N–H and O–H groups in total. The number of fused-ring (bicyclic) bond motifs is 2. The van der Waals surface area contributed by atoms with Crippen LogP contribution in [0, 0.1) is 6.92 Å². The summed E-state index contributed by atoms with van der Waals surface area (Å²) in [5, 5.41) is 10.0. The number of hydrogen-bond acceptors (Lipinski definition) is 3. The Hall–Kier alpha value is -2.55. The number of hydrogen-bond donors (Lipinski definition) is 0. The molecule has 1 aliphatic rings. The van der Waals surface area contributed by atoms with Gasteiger partial charge >= 0.3 is 0 Å². The maximum atomic E-state index is 4.97. The van der Waals surface area contributed by atoms with Crippen LogP contribution in [-0.4, -0.2) is 21.4 Å². The zero-order chi connectivity index (χ0) is 16.0. The molecular formula is C20H19N3. The number of nitrogens with zero attached hydrogens (tertiary/aromatic N) is 3. The van der Waals surface area contributed by atoms with Gasteiger partial charge in [-0.05, 0) is 44.4 Å². The van der Waals surface area contributed by atoms with Gasteiger partial charge < -0.3 is 0 Å². The largest absolute Gasteiger partial charge is 0.276 e. The predicted octanol–water partition coefficient (Wildman–Crippen LogP) is 4.11. The highest BCUT2D eigenvalue weighted by atomic mass is 15.1. The lowest BCUT2D eigenvalue weighted by molar-refractivity contribution is 0.513. The molecule has 2 heterocycles. The Morgan fingerprint density at radius 3 is 2.65 bits per heavy atom. The van der Waals surface area contributed by atoms with Gasteiger partial charge in [-0.15, -0.1) is 10.2 Å². The minimum atomic E-state index is -0.118. The summed E-state index contributed by atoms with van der Waals surface area (Å²) < 4.78 is 0. The molecule has 0 saturated heterocycles. The van der Waals surface area contributed by atoms with Gasteiger partial charge in [0.1, 0.15) is 5.69 Å². The van der Waals surface area contributed by atoms with E-state index in [0.717, 1.165) is 34.3 Å². The lowest BCUT2D eigenvalue weighted by Crippen LogP contribution is -2.29. The molecule has 0 unspecified atom stereocenters. The molecule has 0 fully saturated rings. The molecule has 0 aliphatic carbocycles. The molecule has 1 aliphatic heterocycles. The molecule has 114 valence electrons. The molecule has 1 aromatic heterocycles. The second kappa shape index (κ2) is 4.98. The SMILES string of the molecule is Cc1cccc2cc(C3=NC(C)(C)Cc4ccccc43)nnc12.